The minimum absolute atomic E-state index is 0.0305. The molecule has 0 bridgehead atoms. The lowest BCUT2D eigenvalue weighted by Crippen LogP contribution is -2.05. The molecule has 13 heavy (non-hydrogen) atoms. The van der Waals surface area contributed by atoms with E-state index in [1.165, 1.54) is 32.4 Å². The number of hydrogen-bond acceptors (Lipinski definition) is 3. The Balaban J connectivity index is 3.15. The number of carbonyl (C=O) groups excluding carboxylic acids is 1. The summed E-state index contributed by atoms with van der Waals surface area (Å²) in [7, 11) is 2.53. The first-order valence-electron chi connectivity index (χ1n) is 3.61. The van der Waals surface area contributed by atoms with Crippen molar-refractivity contribution in [2.75, 3.05) is 14.2 Å². The minimum atomic E-state index is -0.712. The summed E-state index contributed by atoms with van der Waals surface area (Å²) in [6.07, 6.45) is 0. The van der Waals surface area contributed by atoms with Gasteiger partial charge in [-0.15, -0.1) is 0 Å². The summed E-state index contributed by atoms with van der Waals surface area (Å²) >= 11 is 0. The Morgan fingerprint density at radius 3 is 2.62 bits per heavy atom. The van der Waals surface area contributed by atoms with Crippen LogP contribution < -0.4 is 4.74 Å². The van der Waals surface area contributed by atoms with Crippen LogP contribution in [0, 0.1) is 5.82 Å². The number of rotatable bonds is 2. The van der Waals surface area contributed by atoms with Gasteiger partial charge in [-0.3, -0.25) is 0 Å². The van der Waals surface area contributed by atoms with E-state index in [2.05, 4.69) is 4.74 Å². The Kier molecular flexibility index (Phi) is 2.84. The maximum Gasteiger partial charge on any atom is 0.340 e. The summed E-state index contributed by atoms with van der Waals surface area (Å²) in [5.41, 5.74) is -0.123. The van der Waals surface area contributed by atoms with E-state index >= 15 is 0 Å². The second-order valence-electron chi connectivity index (χ2n) is 2.31. The molecule has 0 aliphatic rings. The molecule has 1 rings (SSSR count). The highest BCUT2D eigenvalue weighted by atomic mass is 19.1. The third kappa shape index (κ3) is 1.77. The van der Waals surface area contributed by atoms with E-state index in [0.717, 1.165) is 0 Å². The Morgan fingerprint density at radius 1 is 1.38 bits per heavy atom. The van der Waals surface area contributed by atoms with E-state index in [0.29, 0.717) is 0 Å². The first kappa shape index (κ1) is 9.51. The van der Waals surface area contributed by atoms with Gasteiger partial charge >= 0.3 is 5.97 Å². The van der Waals surface area contributed by atoms with Crippen molar-refractivity contribution in [1.82, 2.24) is 0 Å². The topological polar surface area (TPSA) is 35.5 Å². The average Bonchev–Trinajstić information content (AvgIpc) is 2.17. The van der Waals surface area contributed by atoms with Crippen LogP contribution in [0.3, 0.4) is 0 Å². The van der Waals surface area contributed by atoms with Gasteiger partial charge in [0.2, 0.25) is 0 Å². The van der Waals surface area contributed by atoms with Gasteiger partial charge in [0.15, 0.2) is 11.6 Å². The Labute approximate surface area is 75.1 Å². The Bertz CT molecular complexity index is 323. The van der Waals surface area contributed by atoms with Gasteiger partial charge in [-0.2, -0.15) is 0 Å². The number of hydrogen-bond donors (Lipinski definition) is 0. The van der Waals surface area contributed by atoms with Crippen LogP contribution in [0.15, 0.2) is 18.2 Å². The highest BCUT2D eigenvalue weighted by Crippen LogP contribution is 2.20. The van der Waals surface area contributed by atoms with E-state index in [1.54, 1.807) is 0 Å². The molecule has 0 atom stereocenters. The molecule has 0 spiro atoms. The first-order chi connectivity index (χ1) is 6.20. The molecule has 4 heteroatoms. The number of methoxy groups -OCH3 is 2. The standard InChI is InChI=1S/C9H9FO3/c1-12-7-5-3-4-6(8(7)10)9(11)13-2/h3-5H,1-2H3. The smallest absolute Gasteiger partial charge is 0.340 e. The van der Waals surface area contributed by atoms with E-state index in [9.17, 15) is 9.18 Å². The molecule has 0 radical (unpaired) electrons. The fraction of sp³-hybridized carbons (Fsp3) is 0.222. The van der Waals surface area contributed by atoms with Crippen molar-refractivity contribution in [2.24, 2.45) is 0 Å². The zero-order valence-corrected chi connectivity index (χ0v) is 7.33. The van der Waals surface area contributed by atoms with Gasteiger partial charge in [-0.05, 0) is 12.1 Å². The van der Waals surface area contributed by atoms with Gasteiger partial charge in [0.25, 0.3) is 0 Å². The third-order valence-electron chi connectivity index (χ3n) is 1.59. The zero-order valence-electron chi connectivity index (χ0n) is 7.33. The van der Waals surface area contributed by atoms with Crippen molar-refractivity contribution in [3.8, 4) is 5.75 Å². The second kappa shape index (κ2) is 3.89. The van der Waals surface area contributed by atoms with Crippen LogP contribution >= 0.6 is 0 Å². The SMILES string of the molecule is COC(=O)c1cccc(OC)c1F. The molecule has 0 saturated carbocycles. The number of esters is 1. The predicted octanol–water partition coefficient (Wildman–Crippen LogP) is 1.62. The van der Waals surface area contributed by atoms with Crippen LogP contribution in [0.25, 0.3) is 0 Å². The lowest BCUT2D eigenvalue weighted by atomic mass is 10.2. The van der Waals surface area contributed by atoms with Crippen LogP contribution in [0.1, 0.15) is 10.4 Å². The summed E-state index contributed by atoms with van der Waals surface area (Å²) in [5.74, 6) is -1.38. The molecule has 0 amide bonds. The van der Waals surface area contributed by atoms with E-state index in [-0.39, 0.29) is 11.3 Å². The lowest BCUT2D eigenvalue weighted by molar-refractivity contribution is 0.0594. The number of carbonyl (C=O) groups is 1. The van der Waals surface area contributed by atoms with Crippen molar-refractivity contribution in [3.05, 3.63) is 29.6 Å². The molecule has 1 aromatic carbocycles. The first-order valence-corrected chi connectivity index (χ1v) is 3.61. The predicted molar refractivity (Wildman–Crippen MR) is 44.3 cm³/mol. The van der Waals surface area contributed by atoms with Crippen molar-refractivity contribution in [2.45, 2.75) is 0 Å². The summed E-state index contributed by atoms with van der Waals surface area (Å²) in [6.45, 7) is 0. The molecule has 0 fully saturated rings. The molecule has 70 valence electrons. The largest absolute Gasteiger partial charge is 0.494 e. The molecule has 0 N–H and O–H groups in total. The second-order valence-corrected chi connectivity index (χ2v) is 2.31. The summed E-state index contributed by atoms with van der Waals surface area (Å²) in [4.78, 5) is 11.0. The van der Waals surface area contributed by atoms with Crippen LogP contribution in [-0.4, -0.2) is 20.2 Å². The highest BCUT2D eigenvalue weighted by Gasteiger charge is 2.15. The van der Waals surface area contributed by atoms with Crippen LogP contribution in [0.2, 0.25) is 0 Å². The fourth-order valence-electron chi connectivity index (χ4n) is 0.936. The third-order valence-corrected chi connectivity index (χ3v) is 1.59. The summed E-state index contributed by atoms with van der Waals surface area (Å²) in [6, 6.07) is 4.29. The maximum absolute atomic E-state index is 13.3. The lowest BCUT2D eigenvalue weighted by Gasteiger charge is -2.04. The van der Waals surface area contributed by atoms with Gasteiger partial charge in [0.05, 0.1) is 19.8 Å². The van der Waals surface area contributed by atoms with Gasteiger partial charge in [0.1, 0.15) is 0 Å². The molecule has 0 unspecified atom stereocenters. The number of benzene rings is 1. The monoisotopic (exact) mass is 184 g/mol. The molecular formula is C9H9FO3. The normalized spacial score (nSPS) is 9.46. The minimum Gasteiger partial charge on any atom is -0.494 e. The van der Waals surface area contributed by atoms with Crippen molar-refractivity contribution in [3.63, 3.8) is 0 Å². The van der Waals surface area contributed by atoms with E-state index in [1.807, 2.05) is 0 Å². The van der Waals surface area contributed by atoms with Gasteiger partial charge < -0.3 is 9.47 Å². The van der Waals surface area contributed by atoms with Crippen molar-refractivity contribution >= 4 is 5.97 Å². The molecule has 0 saturated heterocycles. The van der Waals surface area contributed by atoms with Gasteiger partial charge in [-0.25, -0.2) is 9.18 Å². The summed E-state index contributed by atoms with van der Waals surface area (Å²) in [5, 5.41) is 0. The van der Waals surface area contributed by atoms with Gasteiger partial charge in [-0.1, -0.05) is 6.07 Å². The van der Waals surface area contributed by atoms with Crippen LogP contribution in [0.5, 0.6) is 5.75 Å². The van der Waals surface area contributed by atoms with Crippen LogP contribution in [0.4, 0.5) is 4.39 Å². The number of halogens is 1. The molecule has 0 aromatic heterocycles. The molecule has 0 aliphatic heterocycles. The molecular weight excluding hydrogens is 175 g/mol. The molecule has 0 aliphatic carbocycles. The van der Waals surface area contributed by atoms with E-state index < -0.39 is 11.8 Å². The quantitative estimate of drug-likeness (QED) is 0.655. The average molecular weight is 184 g/mol. The Hall–Kier alpha value is -1.58. The fourth-order valence-corrected chi connectivity index (χ4v) is 0.936. The molecule has 3 nitrogen and oxygen atoms in total. The molecule has 1 aromatic rings. The molecule has 0 heterocycles. The zero-order chi connectivity index (χ0) is 9.84. The van der Waals surface area contributed by atoms with Crippen molar-refractivity contribution < 1.29 is 18.7 Å². The Morgan fingerprint density at radius 2 is 2.08 bits per heavy atom. The highest BCUT2D eigenvalue weighted by molar-refractivity contribution is 5.90. The maximum atomic E-state index is 13.3. The van der Waals surface area contributed by atoms with Gasteiger partial charge in [0, 0.05) is 0 Å². The number of ether oxygens (including phenoxy) is 2. The van der Waals surface area contributed by atoms with E-state index in [4.69, 9.17) is 4.74 Å². The van der Waals surface area contributed by atoms with Crippen LogP contribution in [-0.2, 0) is 4.74 Å². The van der Waals surface area contributed by atoms with Crippen molar-refractivity contribution in [1.29, 1.82) is 0 Å². The summed E-state index contributed by atoms with van der Waals surface area (Å²) < 4.78 is 22.4.